The topological polar surface area (TPSA) is 60.7 Å². The average molecular weight is 432 g/mol. The lowest BCUT2D eigenvalue weighted by Gasteiger charge is -2.27. The monoisotopic (exact) mass is 432 g/mol. The molecule has 0 radical (unpaired) electrons. The molecule has 4 aromatic rings. The molecule has 0 amide bonds. The third-order valence-electron chi connectivity index (χ3n) is 6.24. The largest absolute Gasteiger partial charge is 0.493 e. The Kier molecular flexibility index (Phi) is 4.91. The number of alkyl halides is 1. The van der Waals surface area contributed by atoms with Gasteiger partial charge >= 0.3 is 0 Å². The fourth-order valence-electron chi connectivity index (χ4n) is 4.19. The number of fused-ring (bicyclic) bond motifs is 2. The van der Waals surface area contributed by atoms with Crippen LogP contribution in [0.5, 0.6) is 11.5 Å². The molecule has 1 aliphatic heterocycles. The Bertz CT molecular complexity index is 1270. The molecule has 6 nitrogen and oxygen atoms in total. The SMILES string of the molecule is FC1CNCC[C@@H]1Oc1cccc2ccc(-c3cnc4cc(OCC5CC5)ccn34)nc12. The van der Waals surface area contributed by atoms with Crippen LogP contribution >= 0.6 is 0 Å². The van der Waals surface area contributed by atoms with Crippen molar-refractivity contribution in [2.24, 2.45) is 5.92 Å². The Hall–Kier alpha value is -3.19. The van der Waals surface area contributed by atoms with Gasteiger partial charge in [-0.3, -0.25) is 4.40 Å². The summed E-state index contributed by atoms with van der Waals surface area (Å²) in [5, 5.41) is 4.02. The molecule has 0 bridgehead atoms. The van der Waals surface area contributed by atoms with E-state index in [1.54, 1.807) is 0 Å². The van der Waals surface area contributed by atoms with E-state index in [1.165, 1.54) is 12.8 Å². The third kappa shape index (κ3) is 3.77. The minimum absolute atomic E-state index is 0.322. The molecule has 3 aromatic heterocycles. The zero-order valence-corrected chi connectivity index (χ0v) is 17.7. The minimum atomic E-state index is -1.03. The second-order valence-electron chi connectivity index (χ2n) is 8.68. The van der Waals surface area contributed by atoms with Crippen molar-refractivity contribution in [1.82, 2.24) is 19.7 Å². The van der Waals surface area contributed by atoms with Crippen LogP contribution in [0.15, 0.2) is 54.9 Å². The van der Waals surface area contributed by atoms with Gasteiger partial charge < -0.3 is 14.8 Å². The van der Waals surface area contributed by atoms with Crippen LogP contribution in [0.25, 0.3) is 27.9 Å². The van der Waals surface area contributed by atoms with Gasteiger partial charge in [-0.15, -0.1) is 0 Å². The summed E-state index contributed by atoms with van der Waals surface area (Å²) in [5.74, 6) is 2.16. The number of nitrogens with one attached hydrogen (secondary N) is 1. The highest BCUT2D eigenvalue weighted by atomic mass is 19.1. The molecule has 1 saturated heterocycles. The van der Waals surface area contributed by atoms with E-state index in [1.807, 2.05) is 59.3 Å². The molecule has 2 atom stereocenters. The standard InChI is InChI=1S/C25H25FN4O2/c26-19-13-27-10-8-22(19)32-23-3-1-2-17-6-7-20(29-25(17)23)21-14-28-24-12-18(9-11-30(21)24)31-15-16-4-5-16/h1-3,6-7,9,11-12,14,16,19,22,27H,4-5,8,10,13,15H2/t19?,22-/m0/s1. The molecule has 164 valence electrons. The van der Waals surface area contributed by atoms with Crippen molar-refractivity contribution in [3.63, 3.8) is 0 Å². The van der Waals surface area contributed by atoms with Gasteiger partial charge in [-0.05, 0) is 49.9 Å². The molecule has 1 aliphatic carbocycles. The molecule has 2 fully saturated rings. The number of pyridine rings is 2. The van der Waals surface area contributed by atoms with E-state index >= 15 is 0 Å². The molecule has 1 N–H and O–H groups in total. The second kappa shape index (κ2) is 8.06. The van der Waals surface area contributed by atoms with E-state index < -0.39 is 12.3 Å². The molecule has 1 saturated carbocycles. The van der Waals surface area contributed by atoms with Crippen LogP contribution in [0.1, 0.15) is 19.3 Å². The van der Waals surface area contributed by atoms with Gasteiger partial charge in [-0.1, -0.05) is 18.2 Å². The number of para-hydroxylation sites is 1. The van der Waals surface area contributed by atoms with Gasteiger partial charge in [0, 0.05) is 24.2 Å². The fourth-order valence-corrected chi connectivity index (χ4v) is 4.19. The second-order valence-corrected chi connectivity index (χ2v) is 8.68. The predicted molar refractivity (Wildman–Crippen MR) is 121 cm³/mol. The van der Waals surface area contributed by atoms with Crippen molar-refractivity contribution in [2.75, 3.05) is 19.7 Å². The van der Waals surface area contributed by atoms with Gasteiger partial charge in [0.05, 0.1) is 24.2 Å². The van der Waals surface area contributed by atoms with E-state index in [0.29, 0.717) is 24.6 Å². The van der Waals surface area contributed by atoms with Gasteiger partial charge in [-0.2, -0.15) is 0 Å². The highest BCUT2D eigenvalue weighted by Gasteiger charge is 2.27. The Morgan fingerprint density at radius 3 is 2.94 bits per heavy atom. The maximum absolute atomic E-state index is 14.3. The number of hydrogen-bond acceptors (Lipinski definition) is 5. The highest BCUT2D eigenvalue weighted by Crippen LogP contribution is 2.31. The first-order valence-corrected chi connectivity index (χ1v) is 11.3. The summed E-state index contributed by atoms with van der Waals surface area (Å²) in [6.45, 7) is 1.85. The van der Waals surface area contributed by atoms with Crippen LogP contribution < -0.4 is 14.8 Å². The normalized spacial score (nSPS) is 21.2. The molecule has 1 unspecified atom stereocenters. The number of halogens is 1. The van der Waals surface area contributed by atoms with E-state index in [0.717, 1.165) is 46.8 Å². The predicted octanol–water partition coefficient (Wildman–Crippen LogP) is 4.42. The van der Waals surface area contributed by atoms with Crippen molar-refractivity contribution < 1.29 is 13.9 Å². The summed E-state index contributed by atoms with van der Waals surface area (Å²) in [7, 11) is 0. The van der Waals surface area contributed by atoms with E-state index in [-0.39, 0.29) is 0 Å². The van der Waals surface area contributed by atoms with Crippen molar-refractivity contribution in [3.05, 3.63) is 54.9 Å². The van der Waals surface area contributed by atoms with Gasteiger partial charge in [0.25, 0.3) is 0 Å². The maximum Gasteiger partial charge on any atom is 0.149 e. The maximum atomic E-state index is 14.3. The van der Waals surface area contributed by atoms with Crippen LogP contribution in [0.3, 0.4) is 0 Å². The van der Waals surface area contributed by atoms with Gasteiger partial charge in [-0.25, -0.2) is 14.4 Å². The molecule has 2 aliphatic rings. The summed E-state index contributed by atoms with van der Waals surface area (Å²) in [6, 6.07) is 13.7. The Morgan fingerprint density at radius 2 is 2.06 bits per heavy atom. The smallest absolute Gasteiger partial charge is 0.149 e. The lowest BCUT2D eigenvalue weighted by molar-refractivity contribution is 0.0743. The van der Waals surface area contributed by atoms with Gasteiger partial charge in [0.2, 0.25) is 0 Å². The number of benzene rings is 1. The lowest BCUT2D eigenvalue weighted by Crippen LogP contribution is -2.44. The number of ether oxygens (including phenoxy) is 2. The van der Waals surface area contributed by atoms with Crippen LogP contribution in [0.4, 0.5) is 4.39 Å². The first-order chi connectivity index (χ1) is 15.7. The van der Waals surface area contributed by atoms with Crippen molar-refractivity contribution in [3.8, 4) is 22.9 Å². The zero-order valence-electron chi connectivity index (χ0n) is 17.7. The van der Waals surface area contributed by atoms with E-state index in [2.05, 4.69) is 10.3 Å². The van der Waals surface area contributed by atoms with Crippen molar-refractivity contribution >= 4 is 16.6 Å². The van der Waals surface area contributed by atoms with E-state index in [9.17, 15) is 4.39 Å². The van der Waals surface area contributed by atoms with Crippen molar-refractivity contribution in [2.45, 2.75) is 31.5 Å². The summed E-state index contributed by atoms with van der Waals surface area (Å²) < 4.78 is 28.3. The number of hydrogen-bond donors (Lipinski definition) is 1. The highest BCUT2D eigenvalue weighted by molar-refractivity contribution is 5.86. The number of imidazole rings is 1. The summed E-state index contributed by atoms with van der Waals surface area (Å²) in [4.78, 5) is 9.45. The number of aromatic nitrogens is 3. The van der Waals surface area contributed by atoms with Crippen LogP contribution in [0, 0.1) is 5.92 Å². The van der Waals surface area contributed by atoms with Crippen LogP contribution in [-0.2, 0) is 0 Å². The summed E-state index contributed by atoms with van der Waals surface area (Å²) in [5.41, 5.74) is 3.22. The lowest BCUT2D eigenvalue weighted by atomic mass is 10.1. The Morgan fingerprint density at radius 1 is 1.12 bits per heavy atom. The summed E-state index contributed by atoms with van der Waals surface area (Å²) in [6.07, 6.45) is 5.46. The number of nitrogens with zero attached hydrogens (tertiary/aromatic N) is 3. The zero-order chi connectivity index (χ0) is 21.5. The number of rotatable bonds is 6. The van der Waals surface area contributed by atoms with Crippen molar-refractivity contribution in [1.29, 1.82) is 0 Å². The average Bonchev–Trinajstić information content (AvgIpc) is 3.56. The molecule has 6 rings (SSSR count). The van der Waals surface area contributed by atoms with E-state index in [4.69, 9.17) is 14.5 Å². The fraction of sp³-hybridized carbons (Fsp3) is 0.360. The Labute approximate surface area is 185 Å². The first kappa shape index (κ1) is 19.5. The Balaban J connectivity index is 1.33. The first-order valence-electron chi connectivity index (χ1n) is 11.3. The molecule has 4 heterocycles. The molecular weight excluding hydrogens is 407 g/mol. The molecule has 32 heavy (non-hydrogen) atoms. The minimum Gasteiger partial charge on any atom is -0.493 e. The molecule has 1 aromatic carbocycles. The van der Waals surface area contributed by atoms with Crippen LogP contribution in [-0.4, -0.2) is 46.3 Å². The summed E-state index contributed by atoms with van der Waals surface area (Å²) >= 11 is 0. The third-order valence-corrected chi connectivity index (χ3v) is 6.24. The molecular formula is C25H25FN4O2. The quantitative estimate of drug-likeness (QED) is 0.489. The number of piperidine rings is 1. The van der Waals surface area contributed by atoms with Gasteiger partial charge in [0.15, 0.2) is 0 Å². The van der Waals surface area contributed by atoms with Gasteiger partial charge in [0.1, 0.15) is 34.9 Å². The molecule has 7 heteroatoms. The van der Waals surface area contributed by atoms with Crippen LogP contribution in [0.2, 0.25) is 0 Å². The molecule has 0 spiro atoms.